The molecule has 0 spiro atoms. The van der Waals surface area contributed by atoms with E-state index >= 15 is 0 Å². The van der Waals surface area contributed by atoms with E-state index in [-0.39, 0.29) is 23.0 Å². The number of hydrogen-bond donors (Lipinski definition) is 1. The van der Waals surface area contributed by atoms with E-state index in [1.807, 2.05) is 57.1 Å². The van der Waals surface area contributed by atoms with Gasteiger partial charge in [-0.15, -0.1) is 11.3 Å². The number of nitrogens with zero attached hydrogens (tertiary/aromatic N) is 3. The predicted octanol–water partition coefficient (Wildman–Crippen LogP) is 3.44. The van der Waals surface area contributed by atoms with Crippen molar-refractivity contribution in [2.45, 2.75) is 31.0 Å². The first-order chi connectivity index (χ1) is 16.0. The number of thiazole rings is 1. The van der Waals surface area contributed by atoms with E-state index in [4.69, 9.17) is 14.9 Å². The van der Waals surface area contributed by atoms with Gasteiger partial charge in [0.05, 0.1) is 27.7 Å². The first-order valence-corrected chi connectivity index (χ1v) is 13.3. The molecule has 3 aromatic rings. The lowest BCUT2D eigenvalue weighted by atomic mass is 10.1. The molecule has 1 aliphatic rings. The first kappa shape index (κ1) is 24.3. The van der Waals surface area contributed by atoms with Gasteiger partial charge in [0.15, 0.2) is 5.01 Å². The smallest absolute Gasteiger partial charge is 0.283 e. The molecule has 180 valence electrons. The van der Waals surface area contributed by atoms with Crippen LogP contribution in [0, 0.1) is 0 Å². The van der Waals surface area contributed by atoms with Crippen LogP contribution in [0.5, 0.6) is 0 Å². The predicted molar refractivity (Wildman–Crippen MR) is 135 cm³/mol. The molecule has 0 radical (unpaired) electrons. The minimum Gasteiger partial charge on any atom is -0.378 e. The number of rotatable bonds is 5. The van der Waals surface area contributed by atoms with Gasteiger partial charge in [0.2, 0.25) is 10.0 Å². The van der Waals surface area contributed by atoms with Crippen LogP contribution in [0.25, 0.3) is 21.7 Å². The van der Waals surface area contributed by atoms with Crippen molar-refractivity contribution >= 4 is 33.0 Å². The second kappa shape index (κ2) is 9.46. The largest absolute Gasteiger partial charge is 0.378 e. The van der Waals surface area contributed by atoms with Crippen LogP contribution in [-0.2, 0) is 14.8 Å². The zero-order valence-corrected chi connectivity index (χ0v) is 21.2. The molecule has 1 aromatic heterocycles. The summed E-state index contributed by atoms with van der Waals surface area (Å²) in [7, 11) is 0.140. The Kier molecular flexibility index (Phi) is 6.77. The Bertz CT molecular complexity index is 1280. The van der Waals surface area contributed by atoms with Crippen molar-refractivity contribution in [2.75, 3.05) is 32.1 Å². The maximum absolute atomic E-state index is 13.4. The molecule has 34 heavy (non-hydrogen) atoms. The number of primary sulfonamides is 1. The minimum atomic E-state index is -3.80. The van der Waals surface area contributed by atoms with Crippen molar-refractivity contribution in [1.82, 2.24) is 9.88 Å². The van der Waals surface area contributed by atoms with Gasteiger partial charge in [-0.3, -0.25) is 4.79 Å². The fourth-order valence-corrected chi connectivity index (χ4v) is 5.57. The van der Waals surface area contributed by atoms with E-state index in [0.717, 1.165) is 21.7 Å². The maximum Gasteiger partial charge on any atom is 0.283 e. The van der Waals surface area contributed by atoms with Crippen molar-refractivity contribution in [2.24, 2.45) is 5.14 Å². The molecule has 0 saturated carbocycles. The van der Waals surface area contributed by atoms with Crippen molar-refractivity contribution in [1.29, 1.82) is 0 Å². The molecule has 1 saturated heterocycles. The van der Waals surface area contributed by atoms with Gasteiger partial charge in [0.1, 0.15) is 0 Å². The van der Waals surface area contributed by atoms with Gasteiger partial charge >= 0.3 is 0 Å². The highest BCUT2D eigenvalue weighted by Crippen LogP contribution is 2.38. The summed E-state index contributed by atoms with van der Waals surface area (Å²) in [5.41, 5.74) is 3.36. The fourth-order valence-electron chi connectivity index (χ4n) is 4.00. The Labute approximate surface area is 204 Å². The Hall–Kier alpha value is -2.79. The van der Waals surface area contributed by atoms with Crippen LogP contribution < -0.4 is 10.0 Å². The van der Waals surface area contributed by atoms with Crippen LogP contribution >= 0.6 is 11.3 Å². The van der Waals surface area contributed by atoms with E-state index < -0.39 is 10.0 Å². The zero-order valence-electron chi connectivity index (χ0n) is 19.6. The second-order valence-corrected chi connectivity index (χ2v) is 11.2. The number of aromatic nitrogens is 1. The molecule has 1 fully saturated rings. The van der Waals surface area contributed by atoms with Crippen molar-refractivity contribution in [3.05, 3.63) is 53.5 Å². The SMILES string of the molecule is C[C@@H]1CN(C(=O)c2nc(-c3ccc(N(C)C)cc3)c(-c3ccc(S(N)(=O)=O)cc3)s2)C[C@H](C)O1. The van der Waals surface area contributed by atoms with Crippen LogP contribution in [0.2, 0.25) is 0 Å². The Balaban J connectivity index is 1.77. The monoisotopic (exact) mass is 500 g/mol. The third-order valence-corrected chi connectivity index (χ3v) is 7.64. The summed E-state index contributed by atoms with van der Waals surface area (Å²) in [6.45, 7) is 4.92. The van der Waals surface area contributed by atoms with Gasteiger partial charge in [-0.05, 0) is 43.7 Å². The number of benzene rings is 2. The summed E-state index contributed by atoms with van der Waals surface area (Å²) in [6, 6.07) is 14.3. The zero-order chi connectivity index (χ0) is 24.6. The lowest BCUT2D eigenvalue weighted by Crippen LogP contribution is -2.48. The molecule has 2 heterocycles. The number of carbonyl (C=O) groups is 1. The molecule has 2 N–H and O–H groups in total. The first-order valence-electron chi connectivity index (χ1n) is 10.9. The Morgan fingerprint density at radius 1 is 1.03 bits per heavy atom. The van der Waals surface area contributed by atoms with E-state index in [9.17, 15) is 13.2 Å². The summed E-state index contributed by atoms with van der Waals surface area (Å²) >= 11 is 1.30. The minimum absolute atomic E-state index is 0.0326. The standard InChI is InChI=1S/C24H28N4O4S2/c1-15-13-28(14-16(2)32-15)24(29)23-26-21(17-5-9-19(10-6-17)27(3)4)22(33-23)18-7-11-20(12-8-18)34(25,30)31/h5-12,15-16H,13-14H2,1-4H3,(H2,25,30,31)/t15-,16+. The van der Waals surface area contributed by atoms with Gasteiger partial charge in [-0.25, -0.2) is 18.5 Å². The van der Waals surface area contributed by atoms with Gasteiger partial charge in [-0.1, -0.05) is 24.3 Å². The van der Waals surface area contributed by atoms with Gasteiger partial charge in [0, 0.05) is 38.4 Å². The normalized spacial score (nSPS) is 18.7. The molecule has 2 aromatic carbocycles. The van der Waals surface area contributed by atoms with E-state index in [0.29, 0.717) is 23.8 Å². The molecule has 0 unspecified atom stereocenters. The molecule has 10 heteroatoms. The highest BCUT2D eigenvalue weighted by molar-refractivity contribution is 7.89. The number of carbonyl (C=O) groups excluding carboxylic acids is 1. The van der Waals surface area contributed by atoms with E-state index in [2.05, 4.69) is 0 Å². The van der Waals surface area contributed by atoms with Crippen molar-refractivity contribution < 1.29 is 17.9 Å². The van der Waals surface area contributed by atoms with E-state index in [1.54, 1.807) is 17.0 Å². The number of hydrogen-bond acceptors (Lipinski definition) is 7. The molecule has 0 aliphatic carbocycles. The second-order valence-electron chi connectivity index (χ2n) is 8.67. The van der Waals surface area contributed by atoms with Crippen LogP contribution in [0.15, 0.2) is 53.4 Å². The average Bonchev–Trinajstić information content (AvgIpc) is 3.23. The third kappa shape index (κ3) is 5.15. The number of sulfonamides is 1. The number of anilines is 1. The fraction of sp³-hybridized carbons (Fsp3) is 0.333. The Morgan fingerprint density at radius 3 is 2.12 bits per heavy atom. The number of amides is 1. The lowest BCUT2D eigenvalue weighted by molar-refractivity contribution is -0.0586. The molecule has 0 bridgehead atoms. The third-order valence-electron chi connectivity index (χ3n) is 5.62. The van der Waals surface area contributed by atoms with Crippen LogP contribution in [0.4, 0.5) is 5.69 Å². The lowest BCUT2D eigenvalue weighted by Gasteiger charge is -2.34. The summed E-state index contributed by atoms with van der Waals surface area (Å²) in [5, 5.41) is 5.64. The number of morpholine rings is 1. The molecule has 8 nitrogen and oxygen atoms in total. The number of ether oxygens (including phenoxy) is 1. The van der Waals surface area contributed by atoms with Crippen molar-refractivity contribution in [3.8, 4) is 21.7 Å². The molecular weight excluding hydrogens is 472 g/mol. The van der Waals surface area contributed by atoms with Crippen molar-refractivity contribution in [3.63, 3.8) is 0 Å². The van der Waals surface area contributed by atoms with Crippen LogP contribution in [-0.4, -0.2) is 63.6 Å². The quantitative estimate of drug-likeness (QED) is 0.575. The molecular formula is C24H28N4O4S2. The highest BCUT2D eigenvalue weighted by atomic mass is 32.2. The topological polar surface area (TPSA) is 106 Å². The Morgan fingerprint density at radius 2 is 1.59 bits per heavy atom. The maximum atomic E-state index is 13.4. The molecule has 1 aliphatic heterocycles. The van der Waals surface area contributed by atoms with Gasteiger partial charge in [-0.2, -0.15) is 0 Å². The highest BCUT2D eigenvalue weighted by Gasteiger charge is 2.29. The van der Waals surface area contributed by atoms with E-state index in [1.165, 1.54) is 23.5 Å². The van der Waals surface area contributed by atoms with Gasteiger partial charge in [0.25, 0.3) is 5.91 Å². The molecule has 2 atom stereocenters. The summed E-state index contributed by atoms with van der Waals surface area (Å²) in [6.07, 6.45) is -0.0909. The molecule has 1 amide bonds. The van der Waals surface area contributed by atoms with Crippen LogP contribution in [0.3, 0.4) is 0 Å². The molecule has 4 rings (SSSR count). The summed E-state index contributed by atoms with van der Waals surface area (Å²) in [5.74, 6) is -0.134. The summed E-state index contributed by atoms with van der Waals surface area (Å²) < 4.78 is 29.1. The summed E-state index contributed by atoms with van der Waals surface area (Å²) in [4.78, 5) is 22.7. The average molecular weight is 501 g/mol. The number of nitrogens with two attached hydrogens (primary N) is 1. The van der Waals surface area contributed by atoms with Crippen LogP contribution in [0.1, 0.15) is 23.6 Å². The van der Waals surface area contributed by atoms with Gasteiger partial charge < -0.3 is 14.5 Å².